The first kappa shape index (κ1) is 18.1. The van der Waals surface area contributed by atoms with Gasteiger partial charge >= 0.3 is 0 Å². The van der Waals surface area contributed by atoms with Crippen molar-refractivity contribution in [2.75, 3.05) is 11.9 Å². The number of halogens is 1. The van der Waals surface area contributed by atoms with E-state index in [0.29, 0.717) is 17.3 Å². The maximum atomic E-state index is 12.5. The van der Waals surface area contributed by atoms with Crippen molar-refractivity contribution in [3.63, 3.8) is 0 Å². The number of thiophene rings is 2. The summed E-state index contributed by atoms with van der Waals surface area (Å²) in [7, 11) is 0. The van der Waals surface area contributed by atoms with E-state index in [1.54, 1.807) is 22.7 Å². The third kappa shape index (κ3) is 5.41. The van der Waals surface area contributed by atoms with Gasteiger partial charge < -0.3 is 10.2 Å². The molecule has 3 aromatic rings. The van der Waals surface area contributed by atoms with Crippen LogP contribution in [0.15, 0.2) is 53.2 Å². The van der Waals surface area contributed by atoms with Crippen molar-refractivity contribution in [3.8, 4) is 0 Å². The summed E-state index contributed by atoms with van der Waals surface area (Å²) >= 11 is 9.68. The molecule has 0 spiro atoms. The second-order valence-corrected chi connectivity index (χ2v) is 8.44. The number of quaternary nitrogens is 1. The van der Waals surface area contributed by atoms with Gasteiger partial charge in [-0.05, 0) is 47.5 Å². The fraction of sp³-hybridized carbons (Fsp3) is 0.211. The van der Waals surface area contributed by atoms with Gasteiger partial charge in [0.1, 0.15) is 13.1 Å². The van der Waals surface area contributed by atoms with Crippen LogP contribution in [-0.2, 0) is 17.9 Å². The van der Waals surface area contributed by atoms with Crippen LogP contribution in [0.25, 0.3) is 0 Å². The number of carbonyl (C=O) groups is 1. The van der Waals surface area contributed by atoms with Crippen molar-refractivity contribution in [1.82, 2.24) is 0 Å². The summed E-state index contributed by atoms with van der Waals surface area (Å²) in [5.41, 5.74) is 1.74. The van der Waals surface area contributed by atoms with E-state index in [-0.39, 0.29) is 5.91 Å². The molecule has 2 heterocycles. The van der Waals surface area contributed by atoms with E-state index in [4.69, 9.17) is 11.6 Å². The zero-order valence-corrected chi connectivity index (χ0v) is 16.3. The van der Waals surface area contributed by atoms with Gasteiger partial charge in [0, 0.05) is 0 Å². The average Bonchev–Trinajstić information content (AvgIpc) is 3.24. The molecule has 0 unspecified atom stereocenters. The molecule has 0 aliphatic rings. The van der Waals surface area contributed by atoms with Crippen LogP contribution >= 0.6 is 34.3 Å². The molecule has 0 radical (unpaired) electrons. The Labute approximate surface area is 160 Å². The van der Waals surface area contributed by atoms with Crippen LogP contribution < -0.4 is 10.2 Å². The predicted molar refractivity (Wildman–Crippen MR) is 107 cm³/mol. The van der Waals surface area contributed by atoms with Crippen LogP contribution in [0, 0.1) is 6.92 Å². The minimum absolute atomic E-state index is 0.0196. The first-order valence-electron chi connectivity index (χ1n) is 8.04. The zero-order valence-electron chi connectivity index (χ0n) is 13.9. The Hall–Kier alpha value is -1.66. The molecule has 1 amide bonds. The Balaban J connectivity index is 1.66. The number of anilines is 1. The predicted octanol–water partition coefficient (Wildman–Crippen LogP) is 4.00. The quantitative estimate of drug-likeness (QED) is 0.627. The van der Waals surface area contributed by atoms with Gasteiger partial charge in [-0.3, -0.25) is 4.79 Å². The average molecular weight is 392 g/mol. The topological polar surface area (TPSA) is 33.5 Å². The SMILES string of the molecule is Cc1ccc(NC(=O)C[NH+](Cc2cccs2)Cc2cccs2)c(Cl)c1. The number of carbonyl (C=O) groups excluding carboxylic acids is 1. The minimum Gasteiger partial charge on any atom is -0.320 e. The van der Waals surface area contributed by atoms with Crippen molar-refractivity contribution in [1.29, 1.82) is 0 Å². The van der Waals surface area contributed by atoms with Gasteiger partial charge in [-0.2, -0.15) is 0 Å². The Morgan fingerprint density at radius 2 is 1.72 bits per heavy atom. The molecule has 0 atom stereocenters. The van der Waals surface area contributed by atoms with Crippen LogP contribution in [-0.4, -0.2) is 12.5 Å². The summed E-state index contributed by atoms with van der Waals surface area (Å²) in [5.74, 6) is -0.0196. The van der Waals surface area contributed by atoms with E-state index in [2.05, 4.69) is 40.3 Å². The van der Waals surface area contributed by atoms with E-state index in [1.165, 1.54) is 14.7 Å². The molecule has 3 rings (SSSR count). The molecule has 0 saturated carbocycles. The van der Waals surface area contributed by atoms with Gasteiger partial charge in [0.15, 0.2) is 6.54 Å². The van der Waals surface area contributed by atoms with Gasteiger partial charge in [-0.1, -0.05) is 29.8 Å². The van der Waals surface area contributed by atoms with Gasteiger partial charge in [-0.15, -0.1) is 22.7 Å². The van der Waals surface area contributed by atoms with Gasteiger partial charge in [-0.25, -0.2) is 0 Å². The summed E-state index contributed by atoms with van der Waals surface area (Å²) in [6, 6.07) is 14.0. The smallest absolute Gasteiger partial charge is 0.279 e. The Morgan fingerprint density at radius 1 is 1.08 bits per heavy atom. The fourth-order valence-electron chi connectivity index (χ4n) is 2.65. The molecule has 2 aromatic heterocycles. The number of amides is 1. The Morgan fingerprint density at radius 3 is 2.24 bits per heavy atom. The number of hydrogen-bond acceptors (Lipinski definition) is 3. The van der Waals surface area contributed by atoms with Gasteiger partial charge in [0.2, 0.25) is 0 Å². The van der Waals surface area contributed by atoms with E-state index in [0.717, 1.165) is 18.7 Å². The lowest BCUT2D eigenvalue weighted by atomic mass is 10.2. The van der Waals surface area contributed by atoms with E-state index in [9.17, 15) is 4.79 Å². The molecule has 130 valence electrons. The van der Waals surface area contributed by atoms with Crippen molar-refractivity contribution >= 4 is 45.9 Å². The monoisotopic (exact) mass is 391 g/mol. The molecule has 0 saturated heterocycles. The molecule has 25 heavy (non-hydrogen) atoms. The minimum atomic E-state index is -0.0196. The van der Waals surface area contributed by atoms with Crippen LogP contribution in [0.1, 0.15) is 15.3 Å². The highest BCUT2D eigenvalue weighted by molar-refractivity contribution is 7.10. The maximum absolute atomic E-state index is 12.5. The van der Waals surface area contributed by atoms with E-state index < -0.39 is 0 Å². The highest BCUT2D eigenvalue weighted by atomic mass is 35.5. The van der Waals surface area contributed by atoms with Crippen molar-refractivity contribution in [2.24, 2.45) is 0 Å². The lowest BCUT2D eigenvalue weighted by Crippen LogP contribution is -3.10. The zero-order chi connectivity index (χ0) is 17.6. The fourth-order valence-corrected chi connectivity index (χ4v) is 4.48. The van der Waals surface area contributed by atoms with Crippen molar-refractivity contribution in [3.05, 3.63) is 73.6 Å². The second-order valence-electron chi connectivity index (χ2n) is 5.97. The number of benzene rings is 1. The third-order valence-corrected chi connectivity index (χ3v) is 5.88. The van der Waals surface area contributed by atoms with Crippen molar-refractivity contribution < 1.29 is 9.69 Å². The summed E-state index contributed by atoms with van der Waals surface area (Å²) in [4.78, 5) is 16.3. The summed E-state index contributed by atoms with van der Waals surface area (Å²) in [6.07, 6.45) is 0. The van der Waals surface area contributed by atoms with E-state index >= 15 is 0 Å². The normalized spacial score (nSPS) is 11.0. The molecule has 0 aliphatic carbocycles. The number of rotatable bonds is 7. The van der Waals surface area contributed by atoms with E-state index in [1.807, 2.05) is 25.1 Å². The lowest BCUT2D eigenvalue weighted by molar-refractivity contribution is -0.918. The lowest BCUT2D eigenvalue weighted by Gasteiger charge is -2.18. The highest BCUT2D eigenvalue weighted by Gasteiger charge is 2.17. The second kappa shape index (κ2) is 8.63. The Bertz CT molecular complexity index is 780. The summed E-state index contributed by atoms with van der Waals surface area (Å²) in [6.45, 7) is 4.06. The highest BCUT2D eigenvalue weighted by Crippen LogP contribution is 2.22. The van der Waals surface area contributed by atoms with Crippen LogP contribution in [0.5, 0.6) is 0 Å². The van der Waals surface area contributed by atoms with Crippen LogP contribution in [0.3, 0.4) is 0 Å². The number of nitrogens with one attached hydrogen (secondary N) is 2. The molecule has 0 bridgehead atoms. The molecule has 0 fully saturated rings. The molecular weight excluding hydrogens is 372 g/mol. The number of hydrogen-bond donors (Lipinski definition) is 2. The van der Waals surface area contributed by atoms with Gasteiger partial charge in [0.05, 0.1) is 20.5 Å². The standard InChI is InChI=1S/C19H19ClN2OS2/c1-14-6-7-18(17(20)10-14)21-19(23)13-22(11-15-4-2-8-24-15)12-16-5-3-9-25-16/h2-10H,11-13H2,1H3,(H,21,23)/p+1. The Kier molecular flexibility index (Phi) is 6.26. The summed E-state index contributed by atoms with van der Waals surface area (Å²) < 4.78 is 0. The molecule has 6 heteroatoms. The maximum Gasteiger partial charge on any atom is 0.279 e. The molecule has 2 N–H and O–H groups in total. The first-order chi connectivity index (χ1) is 12.1. The van der Waals surface area contributed by atoms with Crippen molar-refractivity contribution in [2.45, 2.75) is 20.0 Å². The van der Waals surface area contributed by atoms with Crippen LogP contribution in [0.4, 0.5) is 5.69 Å². The largest absolute Gasteiger partial charge is 0.320 e. The van der Waals surface area contributed by atoms with Gasteiger partial charge in [0.25, 0.3) is 5.91 Å². The molecular formula is C19H20ClN2OS2+. The first-order valence-corrected chi connectivity index (χ1v) is 10.2. The molecule has 0 aliphatic heterocycles. The molecule has 3 nitrogen and oxygen atoms in total. The summed E-state index contributed by atoms with van der Waals surface area (Å²) in [5, 5.41) is 7.66. The third-order valence-electron chi connectivity index (χ3n) is 3.82. The number of aryl methyl sites for hydroxylation is 1. The van der Waals surface area contributed by atoms with Crippen LogP contribution in [0.2, 0.25) is 5.02 Å². The molecule has 1 aromatic carbocycles.